The summed E-state index contributed by atoms with van der Waals surface area (Å²) in [4.78, 5) is 0. The molecule has 0 spiro atoms. The molecule has 3 heteroatoms. The molecule has 1 saturated carbocycles. The molecule has 3 nitrogen and oxygen atoms in total. The van der Waals surface area contributed by atoms with Gasteiger partial charge in [0.15, 0.2) is 0 Å². The predicted molar refractivity (Wildman–Crippen MR) is 75.6 cm³/mol. The first kappa shape index (κ1) is 13.6. The van der Waals surface area contributed by atoms with E-state index in [2.05, 4.69) is 23.5 Å². The second-order valence-electron chi connectivity index (χ2n) is 5.62. The van der Waals surface area contributed by atoms with Gasteiger partial charge >= 0.3 is 0 Å². The molecule has 1 aromatic rings. The molecule has 1 atom stereocenters. The Balaban J connectivity index is 1.85. The van der Waals surface area contributed by atoms with Crippen molar-refractivity contribution in [1.29, 1.82) is 0 Å². The second-order valence-corrected chi connectivity index (χ2v) is 5.62. The lowest BCUT2D eigenvalue weighted by Gasteiger charge is -2.31. The SMILES string of the molecule is CCNC(CCc1cnn(C)c1)C1CCCCC1. The van der Waals surface area contributed by atoms with Crippen molar-refractivity contribution in [3.63, 3.8) is 0 Å². The summed E-state index contributed by atoms with van der Waals surface area (Å²) >= 11 is 0. The Kier molecular flexibility index (Phi) is 5.24. The van der Waals surface area contributed by atoms with Crippen molar-refractivity contribution in [3.8, 4) is 0 Å². The molecule has 0 amide bonds. The van der Waals surface area contributed by atoms with Crippen molar-refractivity contribution < 1.29 is 0 Å². The first-order valence-corrected chi connectivity index (χ1v) is 7.50. The molecular formula is C15H27N3. The third-order valence-electron chi connectivity index (χ3n) is 4.19. The number of rotatable bonds is 6. The second kappa shape index (κ2) is 6.93. The van der Waals surface area contributed by atoms with Crippen LogP contribution < -0.4 is 5.32 Å². The van der Waals surface area contributed by atoms with Gasteiger partial charge in [-0.1, -0.05) is 26.2 Å². The number of aryl methyl sites for hydroxylation is 2. The summed E-state index contributed by atoms with van der Waals surface area (Å²) in [6, 6.07) is 0.704. The summed E-state index contributed by atoms with van der Waals surface area (Å²) in [7, 11) is 1.99. The van der Waals surface area contributed by atoms with Crippen LogP contribution >= 0.6 is 0 Å². The molecule has 0 aliphatic heterocycles. The number of nitrogens with one attached hydrogen (secondary N) is 1. The van der Waals surface area contributed by atoms with Crippen LogP contribution in [0.25, 0.3) is 0 Å². The van der Waals surface area contributed by atoms with E-state index in [0.717, 1.165) is 18.9 Å². The van der Waals surface area contributed by atoms with Crippen molar-refractivity contribution >= 4 is 0 Å². The molecule has 102 valence electrons. The summed E-state index contributed by atoms with van der Waals surface area (Å²) < 4.78 is 1.90. The highest BCUT2D eigenvalue weighted by Crippen LogP contribution is 2.28. The fourth-order valence-corrected chi connectivity index (χ4v) is 3.23. The third kappa shape index (κ3) is 3.84. The van der Waals surface area contributed by atoms with Gasteiger partial charge in [0.05, 0.1) is 6.20 Å². The maximum Gasteiger partial charge on any atom is 0.0521 e. The number of hydrogen-bond donors (Lipinski definition) is 1. The van der Waals surface area contributed by atoms with Gasteiger partial charge in [0.2, 0.25) is 0 Å². The van der Waals surface area contributed by atoms with Crippen LogP contribution in [0.5, 0.6) is 0 Å². The zero-order chi connectivity index (χ0) is 12.8. The Bertz CT molecular complexity index is 339. The van der Waals surface area contributed by atoms with Crippen molar-refractivity contribution in [1.82, 2.24) is 15.1 Å². The van der Waals surface area contributed by atoms with Crippen LogP contribution in [0.1, 0.15) is 51.0 Å². The highest BCUT2D eigenvalue weighted by molar-refractivity contribution is 5.04. The van der Waals surface area contributed by atoms with E-state index in [1.165, 1.54) is 44.1 Å². The van der Waals surface area contributed by atoms with Crippen LogP contribution in [-0.4, -0.2) is 22.4 Å². The molecule has 1 unspecified atom stereocenters. The van der Waals surface area contributed by atoms with Crippen LogP contribution in [-0.2, 0) is 13.5 Å². The number of nitrogens with zero attached hydrogens (tertiary/aromatic N) is 2. The summed E-state index contributed by atoms with van der Waals surface area (Å²) in [5.41, 5.74) is 1.37. The van der Waals surface area contributed by atoms with Crippen LogP contribution in [0.15, 0.2) is 12.4 Å². The summed E-state index contributed by atoms with van der Waals surface area (Å²) in [6.45, 7) is 3.31. The number of aromatic nitrogens is 2. The van der Waals surface area contributed by atoms with E-state index in [0.29, 0.717) is 6.04 Å². The van der Waals surface area contributed by atoms with Crippen LogP contribution in [0.2, 0.25) is 0 Å². The molecule has 1 N–H and O–H groups in total. The van der Waals surface area contributed by atoms with E-state index < -0.39 is 0 Å². The van der Waals surface area contributed by atoms with Gasteiger partial charge in [0.25, 0.3) is 0 Å². The van der Waals surface area contributed by atoms with Crippen LogP contribution in [0.4, 0.5) is 0 Å². The molecule has 0 aromatic carbocycles. The third-order valence-corrected chi connectivity index (χ3v) is 4.19. The quantitative estimate of drug-likeness (QED) is 0.840. The fraction of sp³-hybridized carbons (Fsp3) is 0.800. The average Bonchev–Trinajstić information content (AvgIpc) is 2.81. The molecular weight excluding hydrogens is 222 g/mol. The van der Waals surface area contributed by atoms with Crippen LogP contribution in [0, 0.1) is 5.92 Å². The van der Waals surface area contributed by atoms with Gasteiger partial charge in [-0.25, -0.2) is 0 Å². The van der Waals surface area contributed by atoms with Gasteiger partial charge in [-0.15, -0.1) is 0 Å². The zero-order valence-electron chi connectivity index (χ0n) is 11.9. The van der Waals surface area contributed by atoms with E-state index in [9.17, 15) is 0 Å². The fourth-order valence-electron chi connectivity index (χ4n) is 3.23. The Morgan fingerprint density at radius 3 is 2.78 bits per heavy atom. The molecule has 1 heterocycles. The molecule has 1 fully saturated rings. The van der Waals surface area contributed by atoms with Gasteiger partial charge in [-0.2, -0.15) is 5.10 Å². The predicted octanol–water partition coefficient (Wildman–Crippen LogP) is 2.91. The van der Waals surface area contributed by atoms with E-state index in [4.69, 9.17) is 0 Å². The number of hydrogen-bond acceptors (Lipinski definition) is 2. The Hall–Kier alpha value is -0.830. The minimum Gasteiger partial charge on any atom is -0.314 e. The lowest BCUT2D eigenvalue weighted by Crippen LogP contribution is -2.37. The summed E-state index contributed by atoms with van der Waals surface area (Å²) in [6.07, 6.45) is 13.7. The normalized spacial score (nSPS) is 19.0. The Labute approximate surface area is 111 Å². The maximum atomic E-state index is 4.25. The topological polar surface area (TPSA) is 29.9 Å². The van der Waals surface area contributed by atoms with Crippen molar-refractivity contribution in [2.24, 2.45) is 13.0 Å². The molecule has 1 aromatic heterocycles. The maximum absolute atomic E-state index is 4.25. The van der Waals surface area contributed by atoms with Crippen molar-refractivity contribution in [2.75, 3.05) is 6.54 Å². The largest absolute Gasteiger partial charge is 0.314 e. The molecule has 0 bridgehead atoms. The van der Waals surface area contributed by atoms with Gasteiger partial charge < -0.3 is 5.32 Å². The standard InChI is InChI=1S/C15H27N3/c1-3-16-15(14-7-5-4-6-8-14)10-9-13-11-17-18(2)12-13/h11-12,14-16H,3-10H2,1-2H3. The minimum atomic E-state index is 0.704. The molecule has 1 aliphatic carbocycles. The van der Waals surface area contributed by atoms with E-state index >= 15 is 0 Å². The monoisotopic (exact) mass is 249 g/mol. The van der Waals surface area contributed by atoms with Crippen molar-refractivity contribution in [2.45, 2.75) is 57.9 Å². The van der Waals surface area contributed by atoms with Gasteiger partial charge in [-0.3, -0.25) is 4.68 Å². The van der Waals surface area contributed by atoms with Crippen LogP contribution in [0.3, 0.4) is 0 Å². The average molecular weight is 249 g/mol. The first-order chi connectivity index (χ1) is 8.79. The lowest BCUT2D eigenvalue weighted by atomic mass is 9.82. The van der Waals surface area contributed by atoms with E-state index in [1.54, 1.807) is 0 Å². The Morgan fingerprint density at radius 1 is 1.39 bits per heavy atom. The molecule has 18 heavy (non-hydrogen) atoms. The van der Waals surface area contributed by atoms with Gasteiger partial charge in [0.1, 0.15) is 0 Å². The molecule has 0 radical (unpaired) electrons. The van der Waals surface area contributed by atoms with E-state index in [-0.39, 0.29) is 0 Å². The molecule has 0 saturated heterocycles. The molecule has 1 aliphatic rings. The van der Waals surface area contributed by atoms with Gasteiger partial charge in [0, 0.05) is 19.3 Å². The Morgan fingerprint density at radius 2 is 2.17 bits per heavy atom. The smallest absolute Gasteiger partial charge is 0.0521 e. The zero-order valence-corrected chi connectivity index (χ0v) is 11.9. The van der Waals surface area contributed by atoms with E-state index in [1.807, 2.05) is 17.9 Å². The van der Waals surface area contributed by atoms with Crippen molar-refractivity contribution in [3.05, 3.63) is 18.0 Å². The summed E-state index contributed by atoms with van der Waals surface area (Å²) in [5.74, 6) is 0.898. The highest BCUT2D eigenvalue weighted by atomic mass is 15.2. The highest BCUT2D eigenvalue weighted by Gasteiger charge is 2.22. The summed E-state index contributed by atoms with van der Waals surface area (Å²) in [5, 5.41) is 7.95. The molecule has 2 rings (SSSR count). The minimum absolute atomic E-state index is 0.704. The lowest BCUT2D eigenvalue weighted by molar-refractivity contribution is 0.261. The first-order valence-electron chi connectivity index (χ1n) is 7.50. The van der Waals surface area contributed by atoms with Gasteiger partial charge in [-0.05, 0) is 43.7 Å².